The van der Waals surface area contributed by atoms with Crippen molar-refractivity contribution in [2.45, 2.75) is 44.1 Å². The number of hydrogen-bond acceptors (Lipinski definition) is 7. The Morgan fingerprint density at radius 2 is 1.55 bits per heavy atom. The first kappa shape index (κ1) is 33.8. The van der Waals surface area contributed by atoms with Crippen molar-refractivity contribution in [3.05, 3.63) is 71.6 Å². The van der Waals surface area contributed by atoms with Crippen molar-refractivity contribution in [2.24, 2.45) is 0 Å². The molecule has 1 N–H and O–H groups in total. The molecule has 0 spiro atoms. The van der Waals surface area contributed by atoms with E-state index in [1.807, 2.05) is 0 Å². The van der Waals surface area contributed by atoms with Gasteiger partial charge in [-0.15, -0.1) is 0 Å². The summed E-state index contributed by atoms with van der Waals surface area (Å²) in [6.07, 6.45) is -11.3. The molecule has 2 aliphatic rings. The molecule has 0 saturated carbocycles. The Hall–Kier alpha value is -3.12. The Morgan fingerprint density at radius 1 is 0.932 bits per heavy atom. The van der Waals surface area contributed by atoms with Crippen molar-refractivity contribution in [3.8, 4) is 0 Å². The third kappa shape index (κ3) is 7.39. The van der Waals surface area contributed by atoms with Crippen molar-refractivity contribution < 1.29 is 58.2 Å². The van der Waals surface area contributed by atoms with Crippen molar-refractivity contribution in [1.29, 1.82) is 0 Å². The van der Waals surface area contributed by atoms with E-state index >= 15 is 0 Å². The standard InChI is InChI=1S/C27H27F9N4O3S/c1-16(42-43-44-41)11-12-39-21-13-17(26(31,32)33)7-9-19(21)37(2)23(39)5-4-6-24-38(3)20-10-8-18(27(34,35)36)14-22(20)40(24)15-25(28,29)30/h4-10,13-14,16,24,41H,11-12,15H2,1-3H3/b6-4+,23-5+. The molecule has 0 aliphatic carbocycles. The maximum atomic E-state index is 13.6. The highest BCUT2D eigenvalue weighted by atomic mass is 32.2. The Balaban J connectivity index is 1.68. The van der Waals surface area contributed by atoms with Crippen LogP contribution in [0.1, 0.15) is 24.5 Å². The van der Waals surface area contributed by atoms with Crippen LogP contribution >= 0.6 is 12.3 Å². The molecule has 0 aromatic heterocycles. The van der Waals surface area contributed by atoms with E-state index in [-0.39, 0.29) is 47.3 Å². The average Bonchev–Trinajstić information content (AvgIpc) is 3.33. The van der Waals surface area contributed by atoms with Crippen LogP contribution in [0, 0.1) is 0 Å². The summed E-state index contributed by atoms with van der Waals surface area (Å²) in [4.78, 5) is 9.19. The molecular formula is C27H27F9N4O3S. The van der Waals surface area contributed by atoms with Crippen molar-refractivity contribution in [1.82, 2.24) is 0 Å². The van der Waals surface area contributed by atoms with Gasteiger partial charge in [-0.2, -0.15) is 43.8 Å². The second-order valence-electron chi connectivity index (χ2n) is 10.3. The molecule has 0 amide bonds. The number of alkyl halides is 9. The van der Waals surface area contributed by atoms with E-state index in [4.69, 9.17) is 4.89 Å². The number of anilines is 3. The predicted molar refractivity (Wildman–Crippen MR) is 144 cm³/mol. The third-order valence-corrected chi connectivity index (χ3v) is 7.45. The van der Waals surface area contributed by atoms with Gasteiger partial charge in [0, 0.05) is 26.7 Å². The Kier molecular flexibility index (Phi) is 9.75. The van der Waals surface area contributed by atoms with Gasteiger partial charge in [-0.05, 0) is 55.8 Å². The van der Waals surface area contributed by atoms with E-state index in [0.29, 0.717) is 17.6 Å². The fourth-order valence-electron chi connectivity index (χ4n) is 5.23. The number of rotatable bonds is 9. The second-order valence-corrected chi connectivity index (χ2v) is 10.5. The molecule has 4 rings (SSSR count). The lowest BCUT2D eigenvalue weighted by atomic mass is 10.1. The Labute approximate surface area is 251 Å². The topological polar surface area (TPSA) is 55.7 Å². The van der Waals surface area contributed by atoms with E-state index in [1.165, 1.54) is 36.2 Å². The summed E-state index contributed by atoms with van der Waals surface area (Å²) in [5.41, 5.74) is -1.31. The Bertz CT molecular complexity index is 1400. The second kappa shape index (κ2) is 12.7. The van der Waals surface area contributed by atoms with Gasteiger partial charge in [-0.1, -0.05) is 18.4 Å². The van der Waals surface area contributed by atoms with Gasteiger partial charge in [0.2, 0.25) is 0 Å². The van der Waals surface area contributed by atoms with Crippen LogP contribution in [-0.4, -0.2) is 50.2 Å². The van der Waals surface area contributed by atoms with Gasteiger partial charge in [-0.3, -0.25) is 4.90 Å². The molecule has 0 radical (unpaired) electrons. The summed E-state index contributed by atoms with van der Waals surface area (Å²) in [5.74, 6) is 0.372. The molecule has 44 heavy (non-hydrogen) atoms. The molecule has 0 fully saturated rings. The molecule has 242 valence electrons. The molecule has 2 aromatic rings. The molecule has 7 nitrogen and oxygen atoms in total. The minimum absolute atomic E-state index is 0.104. The van der Waals surface area contributed by atoms with Crippen molar-refractivity contribution in [2.75, 3.05) is 41.9 Å². The van der Waals surface area contributed by atoms with Crippen LogP contribution in [-0.2, 0) is 21.6 Å². The number of hydrogen-bond donors (Lipinski definition) is 1. The van der Waals surface area contributed by atoms with E-state index in [0.717, 1.165) is 24.3 Å². The van der Waals surface area contributed by atoms with Gasteiger partial charge in [0.15, 0.2) is 18.4 Å². The lowest BCUT2D eigenvalue weighted by molar-refractivity contribution is -0.858. The van der Waals surface area contributed by atoms with Crippen molar-refractivity contribution in [3.63, 3.8) is 0 Å². The van der Waals surface area contributed by atoms with Crippen LogP contribution in [0.5, 0.6) is 0 Å². The fraction of sp³-hybridized carbons (Fsp3) is 0.407. The molecule has 0 saturated heterocycles. The molecule has 17 heteroatoms. The maximum absolute atomic E-state index is 13.6. The summed E-state index contributed by atoms with van der Waals surface area (Å²) >= 11 is -0.265. The van der Waals surface area contributed by atoms with Crippen LogP contribution in [0.3, 0.4) is 0 Å². The van der Waals surface area contributed by atoms with Crippen molar-refractivity contribution >= 4 is 35.1 Å². The summed E-state index contributed by atoms with van der Waals surface area (Å²) in [7, 11) is 3.06. The summed E-state index contributed by atoms with van der Waals surface area (Å²) in [5, 5.41) is 0. The van der Waals surface area contributed by atoms with E-state index < -0.39 is 48.5 Å². The van der Waals surface area contributed by atoms with Gasteiger partial charge in [-0.25, -0.2) is 4.89 Å². The number of halogens is 9. The highest BCUT2D eigenvalue weighted by molar-refractivity contribution is 7.88. The van der Waals surface area contributed by atoms with Crippen LogP contribution < -0.4 is 19.6 Å². The number of allylic oxidation sites excluding steroid dienone is 2. The first-order chi connectivity index (χ1) is 20.4. The minimum atomic E-state index is -4.75. The molecule has 2 aliphatic heterocycles. The lowest BCUT2D eigenvalue weighted by Gasteiger charge is -2.25. The SMILES string of the molecule is CC(CCN1/C(=C/C=C/C2N(C)c3ccc(C(F)(F)F)cc3[NH+]2CC(F)(F)F)N(C)c2ccc(C(F)(F)F)cc21)OOS[O-]. The molecule has 0 bridgehead atoms. The van der Waals surface area contributed by atoms with Crippen LogP contribution in [0.15, 0.2) is 60.4 Å². The molecule has 2 heterocycles. The van der Waals surface area contributed by atoms with Crippen LogP contribution in [0.4, 0.5) is 62.3 Å². The zero-order valence-electron chi connectivity index (χ0n) is 23.3. The summed E-state index contributed by atoms with van der Waals surface area (Å²) < 4.78 is 136. The summed E-state index contributed by atoms with van der Waals surface area (Å²) in [6, 6.07) is 5.83. The normalized spacial score (nSPS) is 20.7. The lowest BCUT2D eigenvalue weighted by Crippen LogP contribution is -3.12. The van der Waals surface area contributed by atoms with Gasteiger partial charge in [0.05, 0.1) is 28.6 Å². The van der Waals surface area contributed by atoms with E-state index in [1.54, 1.807) is 23.8 Å². The number of quaternary nitrogens is 1. The first-order valence-electron chi connectivity index (χ1n) is 13.0. The number of nitrogens with one attached hydrogen (secondary N) is 1. The largest absolute Gasteiger partial charge is 0.774 e. The predicted octanol–water partition coefficient (Wildman–Crippen LogP) is 6.44. The van der Waals surface area contributed by atoms with Crippen LogP contribution in [0.25, 0.3) is 0 Å². The van der Waals surface area contributed by atoms with Crippen LogP contribution in [0.2, 0.25) is 0 Å². The van der Waals surface area contributed by atoms with Gasteiger partial charge in [0.1, 0.15) is 11.5 Å². The fourth-order valence-corrected chi connectivity index (χ4v) is 5.40. The molecule has 3 unspecified atom stereocenters. The monoisotopic (exact) mass is 658 g/mol. The minimum Gasteiger partial charge on any atom is -0.774 e. The number of likely N-dealkylation sites (N-methyl/N-ethyl adjacent to an activating group) is 1. The Morgan fingerprint density at radius 3 is 2.14 bits per heavy atom. The third-order valence-electron chi connectivity index (χ3n) is 7.32. The summed E-state index contributed by atoms with van der Waals surface area (Å²) in [6.45, 7) is 0.242. The number of benzene rings is 2. The van der Waals surface area contributed by atoms with Gasteiger partial charge < -0.3 is 19.3 Å². The van der Waals surface area contributed by atoms with E-state index in [9.17, 15) is 44.1 Å². The number of nitrogens with zero attached hydrogens (tertiary/aromatic N) is 3. The average molecular weight is 659 g/mol. The molecular weight excluding hydrogens is 631 g/mol. The maximum Gasteiger partial charge on any atom is 0.438 e. The zero-order chi connectivity index (χ0) is 32.6. The highest BCUT2D eigenvalue weighted by Gasteiger charge is 2.46. The quantitative estimate of drug-likeness (QED) is 0.144. The van der Waals surface area contributed by atoms with Gasteiger partial charge >= 0.3 is 18.5 Å². The molecule has 2 aromatic carbocycles. The smallest absolute Gasteiger partial charge is 0.438 e. The first-order valence-corrected chi connectivity index (χ1v) is 13.7. The highest BCUT2D eigenvalue weighted by Crippen LogP contribution is 2.44. The molecule has 3 atom stereocenters. The van der Waals surface area contributed by atoms with E-state index in [2.05, 4.69) is 4.33 Å². The zero-order valence-corrected chi connectivity index (χ0v) is 24.2. The van der Waals surface area contributed by atoms with Gasteiger partial charge in [0.25, 0.3) is 0 Å². The number of fused-ring (bicyclic) bond motifs is 2.